The van der Waals surface area contributed by atoms with E-state index in [4.69, 9.17) is 51.1 Å². The van der Waals surface area contributed by atoms with Crippen molar-refractivity contribution in [3.05, 3.63) is 66.9 Å². The number of benzene rings is 2. The molecule has 0 aliphatic carbocycles. The van der Waals surface area contributed by atoms with E-state index in [-0.39, 0.29) is 37.6 Å². The number of amides is 1. The molecule has 0 atom stereocenters. The normalized spacial score (nSPS) is 10.7. The average molecular weight is 491 g/mol. The number of methoxy groups -OCH3 is 1. The number of aromatic carboxylic acids is 1. The van der Waals surface area contributed by atoms with E-state index >= 15 is 0 Å². The first-order chi connectivity index (χ1) is 13.7. The lowest BCUT2D eigenvalue weighted by atomic mass is 10.1. The second kappa shape index (κ2) is 8.81. The molecule has 2 N–H and O–H groups in total. The van der Waals surface area contributed by atoms with Gasteiger partial charge >= 0.3 is 5.97 Å². The Morgan fingerprint density at radius 1 is 1.07 bits per heavy atom. The number of hydrogen-bond acceptors (Lipinski definition) is 4. The molecule has 0 bridgehead atoms. The Labute approximate surface area is 189 Å². The number of carbonyl (C=O) groups excluding carboxylic acids is 1. The van der Waals surface area contributed by atoms with Gasteiger partial charge in [-0.3, -0.25) is 4.79 Å². The fourth-order valence-corrected chi connectivity index (χ4v) is 4.50. The summed E-state index contributed by atoms with van der Waals surface area (Å²) in [6, 6.07) is 8.00. The number of anilines is 1. The lowest BCUT2D eigenvalue weighted by molar-refractivity contribution is 0.0699. The molecule has 5 nitrogen and oxygen atoms in total. The highest BCUT2D eigenvalue weighted by Crippen LogP contribution is 2.41. The van der Waals surface area contributed by atoms with Gasteiger partial charge in [-0.05, 0) is 23.8 Å². The van der Waals surface area contributed by atoms with Gasteiger partial charge in [0.25, 0.3) is 5.91 Å². The number of carbonyl (C=O) groups is 2. The van der Waals surface area contributed by atoms with E-state index in [9.17, 15) is 14.7 Å². The van der Waals surface area contributed by atoms with Crippen LogP contribution in [-0.4, -0.2) is 24.1 Å². The zero-order valence-electron chi connectivity index (χ0n) is 14.6. The number of carboxylic acids is 1. The fraction of sp³-hybridized carbons (Fsp3) is 0.0526. The smallest absolute Gasteiger partial charge is 0.339 e. The van der Waals surface area contributed by atoms with Crippen molar-refractivity contribution in [2.45, 2.75) is 0 Å². The Morgan fingerprint density at radius 2 is 1.72 bits per heavy atom. The number of rotatable bonds is 5. The molecular formula is C19H11Cl4NO4S. The monoisotopic (exact) mass is 489 g/mol. The maximum Gasteiger partial charge on any atom is 0.339 e. The van der Waals surface area contributed by atoms with Crippen molar-refractivity contribution in [2.24, 2.45) is 0 Å². The molecule has 0 spiro atoms. The molecule has 1 aromatic heterocycles. The summed E-state index contributed by atoms with van der Waals surface area (Å²) in [5.41, 5.74) is 0.729. The minimum atomic E-state index is -1.19. The van der Waals surface area contributed by atoms with Gasteiger partial charge in [0, 0.05) is 10.4 Å². The van der Waals surface area contributed by atoms with Gasteiger partial charge in [0.15, 0.2) is 5.75 Å². The van der Waals surface area contributed by atoms with Gasteiger partial charge in [-0.15, -0.1) is 11.3 Å². The molecule has 2 aromatic carbocycles. The molecule has 3 aromatic rings. The first-order valence-corrected chi connectivity index (χ1v) is 10.3. The lowest BCUT2D eigenvalue weighted by Crippen LogP contribution is -2.15. The summed E-state index contributed by atoms with van der Waals surface area (Å²) in [6.45, 7) is 0. The molecule has 3 rings (SSSR count). The highest BCUT2D eigenvalue weighted by molar-refractivity contribution is 7.14. The number of ether oxygens (including phenoxy) is 1. The summed E-state index contributed by atoms with van der Waals surface area (Å²) < 4.78 is 5.10. The molecule has 29 heavy (non-hydrogen) atoms. The van der Waals surface area contributed by atoms with E-state index in [2.05, 4.69) is 5.32 Å². The number of carboxylic acid groups (broad SMARTS) is 1. The molecule has 0 fully saturated rings. The van der Waals surface area contributed by atoms with E-state index in [1.165, 1.54) is 29.9 Å². The number of halogens is 4. The van der Waals surface area contributed by atoms with Crippen LogP contribution in [-0.2, 0) is 0 Å². The lowest BCUT2D eigenvalue weighted by Gasteiger charge is -2.12. The average Bonchev–Trinajstić information content (AvgIpc) is 3.09. The molecule has 0 aliphatic heterocycles. The first-order valence-electron chi connectivity index (χ1n) is 7.88. The van der Waals surface area contributed by atoms with Crippen molar-refractivity contribution in [1.82, 2.24) is 0 Å². The Balaban J connectivity index is 2.01. The van der Waals surface area contributed by atoms with Gasteiger partial charge in [-0.2, -0.15) is 0 Å². The summed E-state index contributed by atoms with van der Waals surface area (Å²) in [7, 11) is 1.34. The SMILES string of the molecule is COc1c(Cl)c(Cl)cc(C(=O)Nc2csc(-c3ccc(Cl)cc3)c2C(=O)O)c1Cl. The minimum absolute atomic E-state index is 0.00602. The van der Waals surface area contributed by atoms with Crippen molar-refractivity contribution in [3.8, 4) is 16.2 Å². The standard InChI is InChI=1S/C19H11Cl4NO4S/c1-28-16-14(22)10(6-11(21)15(16)23)18(25)24-12-7-29-17(13(12)19(26)27)8-2-4-9(20)5-3-8/h2-7H,1H3,(H,24,25)(H,26,27). The quantitative estimate of drug-likeness (QED) is 0.378. The van der Waals surface area contributed by atoms with Crippen LogP contribution >= 0.6 is 57.7 Å². The van der Waals surface area contributed by atoms with Gasteiger partial charge in [0.05, 0.1) is 33.3 Å². The van der Waals surface area contributed by atoms with Crippen LogP contribution in [0.1, 0.15) is 20.7 Å². The maximum atomic E-state index is 12.8. The minimum Gasteiger partial charge on any atom is -0.494 e. The highest BCUT2D eigenvalue weighted by atomic mass is 35.5. The van der Waals surface area contributed by atoms with E-state index in [0.29, 0.717) is 15.5 Å². The number of hydrogen-bond donors (Lipinski definition) is 2. The molecule has 0 aliphatic rings. The fourth-order valence-electron chi connectivity index (χ4n) is 2.59. The van der Waals surface area contributed by atoms with Crippen LogP contribution in [0.15, 0.2) is 35.7 Å². The van der Waals surface area contributed by atoms with Crippen LogP contribution in [0.4, 0.5) is 5.69 Å². The molecule has 10 heteroatoms. The Kier molecular flexibility index (Phi) is 6.61. The maximum absolute atomic E-state index is 12.8. The van der Waals surface area contributed by atoms with Crippen molar-refractivity contribution in [2.75, 3.05) is 12.4 Å². The molecule has 1 heterocycles. The van der Waals surface area contributed by atoms with Crippen LogP contribution in [0, 0.1) is 0 Å². The summed E-state index contributed by atoms with van der Waals surface area (Å²) in [5, 5.41) is 14.4. The summed E-state index contributed by atoms with van der Waals surface area (Å²) in [5.74, 6) is -1.80. The van der Waals surface area contributed by atoms with Gasteiger partial charge in [-0.1, -0.05) is 58.5 Å². The first kappa shape index (κ1) is 21.7. The predicted molar refractivity (Wildman–Crippen MR) is 118 cm³/mol. The molecule has 1 amide bonds. The van der Waals surface area contributed by atoms with Gasteiger partial charge < -0.3 is 15.2 Å². The highest BCUT2D eigenvalue weighted by Gasteiger charge is 2.24. The van der Waals surface area contributed by atoms with Crippen LogP contribution in [0.25, 0.3) is 10.4 Å². The molecule has 0 saturated carbocycles. The van der Waals surface area contributed by atoms with Crippen molar-refractivity contribution >= 4 is 75.3 Å². The van der Waals surface area contributed by atoms with Crippen LogP contribution in [0.2, 0.25) is 20.1 Å². The van der Waals surface area contributed by atoms with E-state index in [1.54, 1.807) is 24.3 Å². The van der Waals surface area contributed by atoms with Crippen LogP contribution in [0.3, 0.4) is 0 Å². The summed E-state index contributed by atoms with van der Waals surface area (Å²) in [6.07, 6.45) is 0. The van der Waals surface area contributed by atoms with Gasteiger partial charge in [-0.25, -0.2) is 4.79 Å². The summed E-state index contributed by atoms with van der Waals surface area (Å²) >= 11 is 25.3. The number of thiophene rings is 1. The third-order valence-corrected chi connectivity index (χ3v) is 6.35. The molecule has 0 saturated heterocycles. The predicted octanol–water partition coefficient (Wildman–Crippen LogP) is 6.99. The summed E-state index contributed by atoms with van der Waals surface area (Å²) in [4.78, 5) is 25.1. The van der Waals surface area contributed by atoms with Crippen molar-refractivity contribution < 1.29 is 19.4 Å². The molecular weight excluding hydrogens is 480 g/mol. The number of nitrogens with one attached hydrogen (secondary N) is 1. The van der Waals surface area contributed by atoms with Gasteiger partial charge in [0.1, 0.15) is 10.6 Å². The van der Waals surface area contributed by atoms with E-state index in [1.807, 2.05) is 0 Å². The third-order valence-electron chi connectivity index (χ3n) is 3.92. The van der Waals surface area contributed by atoms with E-state index < -0.39 is 11.9 Å². The second-order valence-electron chi connectivity index (χ2n) is 5.69. The molecule has 0 unspecified atom stereocenters. The van der Waals surface area contributed by atoms with Crippen molar-refractivity contribution in [1.29, 1.82) is 0 Å². The zero-order chi connectivity index (χ0) is 21.3. The van der Waals surface area contributed by atoms with Crippen LogP contribution < -0.4 is 10.1 Å². The van der Waals surface area contributed by atoms with Gasteiger partial charge in [0.2, 0.25) is 0 Å². The third kappa shape index (κ3) is 4.32. The molecule has 150 valence electrons. The molecule has 0 radical (unpaired) electrons. The topological polar surface area (TPSA) is 75.6 Å². The second-order valence-corrected chi connectivity index (χ2v) is 8.17. The Bertz CT molecular complexity index is 1110. The largest absolute Gasteiger partial charge is 0.494 e. The van der Waals surface area contributed by atoms with E-state index in [0.717, 1.165) is 0 Å². The van der Waals surface area contributed by atoms with Crippen LogP contribution in [0.5, 0.6) is 5.75 Å². The Morgan fingerprint density at radius 3 is 2.31 bits per heavy atom. The zero-order valence-corrected chi connectivity index (χ0v) is 18.4. The Hall–Kier alpha value is -1.96. The van der Waals surface area contributed by atoms with Crippen molar-refractivity contribution in [3.63, 3.8) is 0 Å².